The molecule has 26 heteroatoms. The number of phosphoric acid groups is 3. The van der Waals surface area contributed by atoms with Crippen molar-refractivity contribution < 1.29 is 83.8 Å². The monoisotopic (exact) mass is 699 g/mol. The lowest BCUT2D eigenvalue weighted by molar-refractivity contribution is -0.274. The number of alkyl halides is 3. The molecular weight excluding hydrogens is 680 g/mol. The minimum Gasteiger partial charge on any atom is -0.406 e. The van der Waals surface area contributed by atoms with Gasteiger partial charge in [0.05, 0.1) is 18.5 Å². The van der Waals surface area contributed by atoms with E-state index in [2.05, 4.69) is 23.0 Å². The van der Waals surface area contributed by atoms with Gasteiger partial charge in [0.25, 0.3) is 5.56 Å². The van der Waals surface area contributed by atoms with Crippen molar-refractivity contribution in [3.05, 3.63) is 57.0 Å². The van der Waals surface area contributed by atoms with Gasteiger partial charge in [-0.25, -0.2) is 18.5 Å². The first-order valence-corrected chi connectivity index (χ1v) is 15.9. The summed E-state index contributed by atoms with van der Waals surface area (Å²) in [4.78, 5) is 61.6. The van der Waals surface area contributed by atoms with Crippen LogP contribution >= 0.6 is 23.5 Å². The van der Waals surface area contributed by atoms with Gasteiger partial charge in [-0.15, -0.1) is 13.2 Å². The van der Waals surface area contributed by atoms with Crippen LogP contribution in [0.5, 0.6) is 5.75 Å². The topological polar surface area (TPSA) is 289 Å². The van der Waals surface area contributed by atoms with Crippen LogP contribution in [0.25, 0.3) is 11.0 Å². The fourth-order valence-corrected chi connectivity index (χ4v) is 6.90. The summed E-state index contributed by atoms with van der Waals surface area (Å²) in [5, 5.41) is 24.4. The molecule has 2 unspecified atom stereocenters. The molecular formula is C18H19F3N3O17P3. The number of hydrogen-bond acceptors (Lipinski definition) is 14. The van der Waals surface area contributed by atoms with Gasteiger partial charge in [-0.1, -0.05) is 5.16 Å². The zero-order chi connectivity index (χ0) is 32.8. The third-order valence-corrected chi connectivity index (χ3v) is 9.38. The molecule has 1 aromatic carbocycles. The zero-order valence-electron chi connectivity index (χ0n) is 21.1. The normalized spacial score (nSPS) is 23.8. The molecule has 0 bridgehead atoms. The summed E-state index contributed by atoms with van der Waals surface area (Å²) in [5.41, 5.74) is -2.33. The van der Waals surface area contributed by atoms with Crippen LogP contribution in [-0.2, 0) is 38.1 Å². The summed E-state index contributed by atoms with van der Waals surface area (Å²) in [7, 11) is -17.2. The van der Waals surface area contributed by atoms with Gasteiger partial charge in [-0.05, 0) is 18.2 Å². The van der Waals surface area contributed by atoms with E-state index in [9.17, 15) is 56.5 Å². The molecule has 0 saturated carbocycles. The SMILES string of the molecule is O=c1ccn([C@@H]2O[C@H](COP(=O)(O)OP(=O)(O)OP(=O)(O)O)[C@H](O)[C@@H]2O)c(=O)n1Cc1noc2ccc(OC(F)(F)F)cc12. The van der Waals surface area contributed by atoms with Crippen LogP contribution in [-0.4, -0.2) is 75.4 Å². The van der Waals surface area contributed by atoms with Crippen LogP contribution in [0.15, 0.2) is 44.6 Å². The maximum atomic E-state index is 13.2. The number of ether oxygens (including phenoxy) is 2. The maximum Gasteiger partial charge on any atom is 0.573 e. The number of nitrogens with zero attached hydrogens (tertiary/aromatic N) is 3. The Morgan fingerprint density at radius 3 is 2.30 bits per heavy atom. The average molecular weight is 699 g/mol. The molecule has 2 aromatic heterocycles. The third-order valence-electron chi connectivity index (χ3n) is 5.58. The van der Waals surface area contributed by atoms with Crippen LogP contribution in [0.1, 0.15) is 11.9 Å². The van der Waals surface area contributed by atoms with Crippen molar-refractivity contribution >= 4 is 34.4 Å². The van der Waals surface area contributed by atoms with Crippen molar-refractivity contribution in [2.75, 3.05) is 6.61 Å². The summed E-state index contributed by atoms with van der Waals surface area (Å²) in [6.07, 6.45) is -11.7. The molecule has 3 aromatic rings. The first-order chi connectivity index (χ1) is 20.1. The fourth-order valence-electron chi connectivity index (χ4n) is 3.87. The summed E-state index contributed by atoms with van der Waals surface area (Å²) in [6.45, 7) is -1.85. The molecule has 0 radical (unpaired) electrons. The highest BCUT2D eigenvalue weighted by Gasteiger charge is 2.47. The second-order valence-corrected chi connectivity index (χ2v) is 13.1. The number of rotatable bonds is 11. The number of hydrogen-bond donors (Lipinski definition) is 6. The van der Waals surface area contributed by atoms with Crippen molar-refractivity contribution in [2.24, 2.45) is 0 Å². The van der Waals surface area contributed by atoms with E-state index in [0.29, 0.717) is 9.13 Å². The lowest BCUT2D eigenvalue weighted by atomic mass is 10.1. The standard InChI is InChI=1S/C18H19F3N3O17P3/c19-18(20,21)38-8-1-2-11-9(5-8)10(22-39-11)6-24-13(25)3-4-23(17(24)28)16-15(27)14(26)12(37-16)7-36-43(32,33)41-44(34,35)40-42(29,30)31/h1-5,12,14-16,26-27H,6-7H2,(H,32,33)(H,34,35)(H2,29,30,31)/t12-,14+,15+,16-/m1/s1. The molecule has 1 fully saturated rings. The average Bonchev–Trinajstić information content (AvgIpc) is 3.37. The van der Waals surface area contributed by atoms with Gasteiger partial charge < -0.3 is 43.8 Å². The summed E-state index contributed by atoms with van der Waals surface area (Å²) in [5.74, 6) is -0.647. The predicted molar refractivity (Wildman–Crippen MR) is 130 cm³/mol. The molecule has 20 nitrogen and oxygen atoms in total. The van der Waals surface area contributed by atoms with E-state index in [1.165, 1.54) is 0 Å². The third kappa shape index (κ3) is 8.29. The number of halogens is 3. The smallest absolute Gasteiger partial charge is 0.406 e. The van der Waals surface area contributed by atoms with Crippen molar-refractivity contribution in [3.8, 4) is 5.75 Å². The molecule has 4 rings (SSSR count). The molecule has 1 aliphatic rings. The molecule has 1 saturated heterocycles. The van der Waals surface area contributed by atoms with Gasteiger partial charge in [0.15, 0.2) is 11.8 Å². The number of fused-ring (bicyclic) bond motifs is 1. The van der Waals surface area contributed by atoms with E-state index in [1.54, 1.807) is 0 Å². The second kappa shape index (κ2) is 12.2. The summed E-state index contributed by atoms with van der Waals surface area (Å²) >= 11 is 0. The number of phosphoric ester groups is 1. The van der Waals surface area contributed by atoms with Gasteiger partial charge >= 0.3 is 35.5 Å². The lowest BCUT2D eigenvalue weighted by Crippen LogP contribution is -2.43. The van der Waals surface area contributed by atoms with E-state index in [1.807, 2.05) is 0 Å². The van der Waals surface area contributed by atoms with Crippen LogP contribution in [0.4, 0.5) is 13.2 Å². The summed E-state index contributed by atoms with van der Waals surface area (Å²) < 4.78 is 98.8. The van der Waals surface area contributed by atoms with Crippen molar-refractivity contribution in [1.29, 1.82) is 0 Å². The van der Waals surface area contributed by atoms with E-state index in [-0.39, 0.29) is 16.7 Å². The molecule has 44 heavy (non-hydrogen) atoms. The Balaban J connectivity index is 1.53. The number of benzene rings is 1. The number of aromatic nitrogens is 3. The highest BCUT2D eigenvalue weighted by atomic mass is 31.3. The minimum atomic E-state index is -5.85. The van der Waals surface area contributed by atoms with E-state index < -0.39 is 84.5 Å². The highest BCUT2D eigenvalue weighted by Crippen LogP contribution is 2.66. The second-order valence-electron chi connectivity index (χ2n) is 8.70. The molecule has 0 aliphatic carbocycles. The van der Waals surface area contributed by atoms with Crippen molar-refractivity contribution in [2.45, 2.75) is 37.4 Å². The van der Waals surface area contributed by atoms with Gasteiger partial charge in [-0.3, -0.25) is 18.5 Å². The Kier molecular flexibility index (Phi) is 9.47. The Morgan fingerprint density at radius 2 is 1.66 bits per heavy atom. The van der Waals surface area contributed by atoms with Crippen LogP contribution in [0, 0.1) is 0 Å². The number of aliphatic hydroxyl groups is 2. The van der Waals surface area contributed by atoms with Crippen LogP contribution in [0.3, 0.4) is 0 Å². The van der Waals surface area contributed by atoms with Gasteiger partial charge in [-0.2, -0.15) is 8.62 Å². The number of aliphatic hydroxyl groups excluding tert-OH is 2. The van der Waals surface area contributed by atoms with E-state index >= 15 is 0 Å². The van der Waals surface area contributed by atoms with E-state index in [0.717, 1.165) is 30.5 Å². The first-order valence-electron chi connectivity index (χ1n) is 11.4. The zero-order valence-corrected chi connectivity index (χ0v) is 23.8. The van der Waals surface area contributed by atoms with Crippen LogP contribution in [0.2, 0.25) is 0 Å². The molecule has 6 N–H and O–H groups in total. The van der Waals surface area contributed by atoms with Gasteiger partial charge in [0.2, 0.25) is 0 Å². The Hall–Kier alpha value is -2.75. The highest BCUT2D eigenvalue weighted by molar-refractivity contribution is 7.66. The Morgan fingerprint density at radius 1 is 0.977 bits per heavy atom. The Bertz CT molecular complexity index is 1800. The molecule has 1 aliphatic heterocycles. The maximum absolute atomic E-state index is 13.2. The quantitative estimate of drug-likeness (QED) is 0.144. The van der Waals surface area contributed by atoms with Gasteiger partial charge in [0, 0.05) is 12.3 Å². The van der Waals surface area contributed by atoms with Gasteiger partial charge in [0.1, 0.15) is 29.8 Å². The molecule has 0 spiro atoms. The molecule has 244 valence electrons. The Labute approximate surface area is 239 Å². The fraction of sp³-hybridized carbons (Fsp3) is 0.389. The molecule has 6 atom stereocenters. The van der Waals surface area contributed by atoms with E-state index in [4.69, 9.17) is 19.0 Å². The molecule has 3 heterocycles. The largest absolute Gasteiger partial charge is 0.573 e. The first kappa shape index (κ1) is 34.1. The minimum absolute atomic E-state index is 0.0182. The van der Waals surface area contributed by atoms with Crippen LogP contribution < -0.4 is 16.0 Å². The summed E-state index contributed by atoms with van der Waals surface area (Å²) in [6, 6.07) is 3.77. The van der Waals surface area contributed by atoms with Crippen molar-refractivity contribution in [1.82, 2.24) is 14.3 Å². The lowest BCUT2D eigenvalue weighted by Gasteiger charge is -2.19. The molecule has 0 amide bonds. The predicted octanol–water partition coefficient (Wildman–Crippen LogP) is 0.0606. The van der Waals surface area contributed by atoms with Crippen molar-refractivity contribution in [3.63, 3.8) is 0 Å².